The van der Waals surface area contributed by atoms with Gasteiger partial charge >= 0.3 is 0 Å². The molecule has 132 valence electrons. The Morgan fingerprint density at radius 2 is 1.96 bits per heavy atom. The van der Waals surface area contributed by atoms with Gasteiger partial charge in [0.05, 0.1) is 5.52 Å². The highest BCUT2D eigenvalue weighted by Crippen LogP contribution is 2.21. The van der Waals surface area contributed by atoms with Crippen LogP contribution in [-0.4, -0.2) is 47.0 Å². The third-order valence-electron chi connectivity index (χ3n) is 5.06. The van der Waals surface area contributed by atoms with Crippen LogP contribution in [0.1, 0.15) is 23.3 Å². The number of likely N-dealkylation sites (N-methyl/N-ethyl adjacent to an activating group) is 1. The van der Waals surface area contributed by atoms with Crippen LogP contribution in [-0.2, 0) is 0 Å². The first-order chi connectivity index (χ1) is 12.7. The predicted molar refractivity (Wildman–Crippen MR) is 103 cm³/mol. The van der Waals surface area contributed by atoms with Crippen LogP contribution in [0.4, 0.5) is 5.82 Å². The standard InChI is InChI=1S/C21H22N4O/c1-24(17-8-6-14-25(15-17)20-10-4-5-13-22-20)21(26)19-12-11-16-7-2-3-9-18(16)23-19/h2-5,7,9-13,17H,6,8,14-15H2,1H3. The van der Waals surface area contributed by atoms with Crippen molar-refractivity contribution >= 4 is 22.6 Å². The summed E-state index contributed by atoms with van der Waals surface area (Å²) in [5, 5.41) is 1.05. The zero-order valence-corrected chi connectivity index (χ0v) is 14.9. The first kappa shape index (κ1) is 16.5. The summed E-state index contributed by atoms with van der Waals surface area (Å²) in [4.78, 5) is 26.0. The predicted octanol–water partition coefficient (Wildman–Crippen LogP) is 3.37. The van der Waals surface area contributed by atoms with Crippen LogP contribution in [0.5, 0.6) is 0 Å². The minimum absolute atomic E-state index is 0.0244. The maximum atomic E-state index is 13.0. The second kappa shape index (κ2) is 7.12. The summed E-state index contributed by atoms with van der Waals surface area (Å²) in [6.45, 7) is 1.77. The lowest BCUT2D eigenvalue weighted by Gasteiger charge is -2.38. The average molecular weight is 346 g/mol. The lowest BCUT2D eigenvalue weighted by atomic mass is 10.0. The van der Waals surface area contributed by atoms with E-state index in [0.29, 0.717) is 5.69 Å². The quantitative estimate of drug-likeness (QED) is 0.730. The van der Waals surface area contributed by atoms with Crippen LogP contribution >= 0.6 is 0 Å². The Morgan fingerprint density at radius 1 is 1.12 bits per heavy atom. The Kier molecular flexibility index (Phi) is 4.52. The number of piperidine rings is 1. The molecule has 1 aliphatic heterocycles. The highest BCUT2D eigenvalue weighted by molar-refractivity contribution is 5.95. The first-order valence-corrected chi connectivity index (χ1v) is 9.01. The summed E-state index contributed by atoms with van der Waals surface area (Å²) < 4.78 is 0. The van der Waals surface area contributed by atoms with Crippen LogP contribution in [0, 0.1) is 0 Å². The molecule has 0 spiro atoms. The fourth-order valence-corrected chi connectivity index (χ4v) is 3.55. The number of carbonyl (C=O) groups excluding carboxylic acids is 1. The summed E-state index contributed by atoms with van der Waals surface area (Å²) in [6.07, 6.45) is 3.86. The number of anilines is 1. The number of aromatic nitrogens is 2. The molecule has 5 heteroatoms. The molecule has 1 saturated heterocycles. The number of pyridine rings is 2. The Bertz CT molecular complexity index is 912. The maximum absolute atomic E-state index is 13.0. The molecule has 1 unspecified atom stereocenters. The van der Waals surface area contributed by atoms with Crippen molar-refractivity contribution in [1.82, 2.24) is 14.9 Å². The molecule has 4 rings (SSSR count). The molecule has 26 heavy (non-hydrogen) atoms. The van der Waals surface area contributed by atoms with E-state index in [1.165, 1.54) is 0 Å². The Morgan fingerprint density at radius 3 is 2.81 bits per heavy atom. The van der Waals surface area contributed by atoms with Crippen molar-refractivity contribution in [2.24, 2.45) is 0 Å². The van der Waals surface area contributed by atoms with Gasteiger partial charge in [-0.3, -0.25) is 4.79 Å². The van der Waals surface area contributed by atoms with E-state index in [1.807, 2.05) is 72.7 Å². The highest BCUT2D eigenvalue weighted by Gasteiger charge is 2.27. The normalized spacial score (nSPS) is 17.3. The van der Waals surface area contributed by atoms with Crippen molar-refractivity contribution in [2.45, 2.75) is 18.9 Å². The van der Waals surface area contributed by atoms with Gasteiger partial charge in [0.15, 0.2) is 0 Å². The average Bonchev–Trinajstić information content (AvgIpc) is 2.73. The molecule has 0 saturated carbocycles. The third-order valence-corrected chi connectivity index (χ3v) is 5.06. The van der Waals surface area contributed by atoms with Gasteiger partial charge in [-0.2, -0.15) is 0 Å². The van der Waals surface area contributed by atoms with Crippen molar-refractivity contribution in [3.63, 3.8) is 0 Å². The number of hydrogen-bond acceptors (Lipinski definition) is 4. The highest BCUT2D eigenvalue weighted by atomic mass is 16.2. The van der Waals surface area contributed by atoms with Gasteiger partial charge in [-0.1, -0.05) is 30.3 Å². The molecule has 3 heterocycles. The number of rotatable bonds is 3. The molecule has 0 radical (unpaired) electrons. The van der Waals surface area contributed by atoms with E-state index in [4.69, 9.17) is 0 Å². The van der Waals surface area contributed by atoms with Crippen molar-refractivity contribution in [2.75, 3.05) is 25.0 Å². The summed E-state index contributed by atoms with van der Waals surface area (Å²) in [6, 6.07) is 17.8. The second-order valence-electron chi connectivity index (χ2n) is 6.74. The Labute approximate surface area is 153 Å². The van der Waals surface area contributed by atoms with Gasteiger partial charge in [0.25, 0.3) is 5.91 Å². The van der Waals surface area contributed by atoms with Crippen molar-refractivity contribution < 1.29 is 4.79 Å². The Balaban J connectivity index is 1.52. The van der Waals surface area contributed by atoms with Crippen LogP contribution in [0.3, 0.4) is 0 Å². The number of amides is 1. The molecule has 1 aromatic carbocycles. The van der Waals surface area contributed by atoms with Gasteiger partial charge in [0.2, 0.25) is 0 Å². The minimum Gasteiger partial charge on any atom is -0.355 e. The number of carbonyl (C=O) groups is 1. The summed E-state index contributed by atoms with van der Waals surface area (Å²) >= 11 is 0. The molecule has 1 atom stereocenters. The van der Waals surface area contributed by atoms with Crippen molar-refractivity contribution in [3.05, 3.63) is 66.5 Å². The Hall–Kier alpha value is -2.95. The molecular weight excluding hydrogens is 324 g/mol. The molecule has 1 aliphatic rings. The summed E-state index contributed by atoms with van der Waals surface area (Å²) in [5.41, 5.74) is 1.35. The zero-order valence-electron chi connectivity index (χ0n) is 14.9. The van der Waals surface area contributed by atoms with E-state index >= 15 is 0 Å². The fourth-order valence-electron chi connectivity index (χ4n) is 3.55. The molecular formula is C21H22N4O. The second-order valence-corrected chi connectivity index (χ2v) is 6.74. The molecule has 0 bridgehead atoms. The van der Waals surface area contributed by atoms with Crippen LogP contribution in [0.15, 0.2) is 60.8 Å². The van der Waals surface area contributed by atoms with Gasteiger partial charge in [-0.25, -0.2) is 9.97 Å². The van der Waals surface area contributed by atoms with Crippen LogP contribution in [0.25, 0.3) is 10.9 Å². The number of hydrogen-bond donors (Lipinski definition) is 0. The molecule has 1 fully saturated rings. The van der Waals surface area contributed by atoms with E-state index in [9.17, 15) is 4.79 Å². The van der Waals surface area contributed by atoms with Crippen LogP contribution < -0.4 is 4.90 Å². The number of benzene rings is 1. The summed E-state index contributed by atoms with van der Waals surface area (Å²) in [7, 11) is 1.88. The van der Waals surface area contributed by atoms with Gasteiger partial charge < -0.3 is 9.80 Å². The van der Waals surface area contributed by atoms with Gasteiger partial charge in [0.1, 0.15) is 11.5 Å². The number of para-hydroxylation sites is 1. The molecule has 3 aromatic rings. The van der Waals surface area contributed by atoms with E-state index in [0.717, 1.165) is 42.7 Å². The smallest absolute Gasteiger partial charge is 0.272 e. The van der Waals surface area contributed by atoms with Gasteiger partial charge in [-0.05, 0) is 37.1 Å². The van der Waals surface area contributed by atoms with Crippen molar-refractivity contribution in [3.8, 4) is 0 Å². The van der Waals surface area contributed by atoms with Crippen LogP contribution in [0.2, 0.25) is 0 Å². The molecule has 0 aliphatic carbocycles. The maximum Gasteiger partial charge on any atom is 0.272 e. The number of fused-ring (bicyclic) bond motifs is 1. The third kappa shape index (κ3) is 3.25. The van der Waals surface area contributed by atoms with E-state index in [-0.39, 0.29) is 11.9 Å². The molecule has 2 aromatic heterocycles. The first-order valence-electron chi connectivity index (χ1n) is 9.01. The minimum atomic E-state index is -0.0244. The monoisotopic (exact) mass is 346 g/mol. The number of nitrogens with zero attached hydrogens (tertiary/aromatic N) is 4. The molecule has 0 N–H and O–H groups in total. The SMILES string of the molecule is CN(C(=O)c1ccc2ccccc2n1)C1CCCN(c2ccccn2)C1. The van der Waals surface area contributed by atoms with Gasteiger partial charge in [0, 0.05) is 37.8 Å². The lowest BCUT2D eigenvalue weighted by molar-refractivity contribution is 0.0711. The van der Waals surface area contributed by atoms with E-state index in [1.54, 1.807) is 0 Å². The van der Waals surface area contributed by atoms with Crippen molar-refractivity contribution in [1.29, 1.82) is 0 Å². The van der Waals surface area contributed by atoms with E-state index in [2.05, 4.69) is 14.9 Å². The zero-order chi connectivity index (χ0) is 17.9. The van der Waals surface area contributed by atoms with E-state index < -0.39 is 0 Å². The lowest BCUT2D eigenvalue weighted by Crippen LogP contribution is -2.49. The fraction of sp³-hybridized carbons (Fsp3) is 0.286. The largest absolute Gasteiger partial charge is 0.355 e. The topological polar surface area (TPSA) is 49.3 Å². The van der Waals surface area contributed by atoms with Gasteiger partial charge in [-0.15, -0.1) is 0 Å². The summed E-state index contributed by atoms with van der Waals surface area (Å²) in [5.74, 6) is 0.950. The molecule has 5 nitrogen and oxygen atoms in total. The molecule has 1 amide bonds.